The Bertz CT molecular complexity index is 968. The predicted molar refractivity (Wildman–Crippen MR) is 90.3 cm³/mol. The van der Waals surface area contributed by atoms with Crippen LogP contribution in [0.25, 0.3) is 16.3 Å². The number of nitrogens with one attached hydrogen (secondary N) is 1. The van der Waals surface area contributed by atoms with Crippen LogP contribution in [0, 0.1) is 15.9 Å². The third-order valence-electron chi connectivity index (χ3n) is 3.09. The zero-order valence-corrected chi connectivity index (χ0v) is 12.9. The fourth-order valence-corrected chi connectivity index (χ4v) is 2.91. The van der Waals surface area contributed by atoms with Crippen LogP contribution in [0.2, 0.25) is 0 Å². The Balaban J connectivity index is 1.74. The minimum absolute atomic E-state index is 0.0324. The van der Waals surface area contributed by atoms with E-state index in [-0.39, 0.29) is 11.5 Å². The first-order chi connectivity index (χ1) is 11.5. The van der Waals surface area contributed by atoms with Gasteiger partial charge in [0.1, 0.15) is 5.82 Å². The number of hydrogen-bond donors (Lipinski definition) is 1. The van der Waals surface area contributed by atoms with Gasteiger partial charge in [-0.2, -0.15) is 0 Å². The average molecular weight is 343 g/mol. The first kappa shape index (κ1) is 15.8. The number of anilines is 1. The molecule has 0 spiro atoms. The second-order valence-electron chi connectivity index (χ2n) is 4.81. The Labute approximate surface area is 139 Å². The summed E-state index contributed by atoms with van der Waals surface area (Å²) in [6.07, 6.45) is 2.75. The molecule has 2 aromatic carbocycles. The molecule has 8 heteroatoms. The Morgan fingerprint density at radius 3 is 2.88 bits per heavy atom. The molecule has 1 amide bonds. The number of carbonyl (C=O) groups is 1. The number of nitro benzene ring substituents is 1. The lowest BCUT2D eigenvalue weighted by atomic mass is 10.2. The Morgan fingerprint density at radius 2 is 2.12 bits per heavy atom. The molecule has 1 N–H and O–H groups in total. The number of thiazole rings is 1. The molecule has 0 aliphatic heterocycles. The molecule has 0 fully saturated rings. The van der Waals surface area contributed by atoms with E-state index in [2.05, 4.69) is 10.3 Å². The van der Waals surface area contributed by atoms with Crippen molar-refractivity contribution < 1.29 is 14.1 Å². The first-order valence-electron chi connectivity index (χ1n) is 6.81. The van der Waals surface area contributed by atoms with Gasteiger partial charge in [-0.15, -0.1) is 0 Å². The highest BCUT2D eigenvalue weighted by molar-refractivity contribution is 7.22. The SMILES string of the molecule is O=C(/C=C/c1cccc(F)c1)Nc1nc2ccc([N+](=O)[O-])cc2s1. The summed E-state index contributed by atoms with van der Waals surface area (Å²) in [5, 5.41) is 13.7. The molecule has 0 saturated heterocycles. The maximum absolute atomic E-state index is 13.1. The summed E-state index contributed by atoms with van der Waals surface area (Å²) in [6.45, 7) is 0. The Morgan fingerprint density at radius 1 is 1.29 bits per heavy atom. The molecule has 1 aromatic heterocycles. The van der Waals surface area contributed by atoms with Crippen molar-refractivity contribution in [3.05, 3.63) is 70.0 Å². The molecule has 0 bridgehead atoms. The van der Waals surface area contributed by atoms with Gasteiger partial charge in [0.05, 0.1) is 15.1 Å². The fraction of sp³-hybridized carbons (Fsp3) is 0. The van der Waals surface area contributed by atoms with E-state index in [1.54, 1.807) is 12.1 Å². The van der Waals surface area contributed by atoms with Crippen LogP contribution in [0.4, 0.5) is 15.2 Å². The summed E-state index contributed by atoms with van der Waals surface area (Å²) in [5.41, 5.74) is 1.09. The zero-order valence-electron chi connectivity index (χ0n) is 12.1. The van der Waals surface area contributed by atoms with Gasteiger partial charge >= 0.3 is 0 Å². The van der Waals surface area contributed by atoms with Crippen molar-refractivity contribution in [1.82, 2.24) is 4.98 Å². The highest BCUT2D eigenvalue weighted by Gasteiger charge is 2.11. The Kier molecular flexibility index (Phi) is 4.30. The molecule has 0 atom stereocenters. The van der Waals surface area contributed by atoms with Gasteiger partial charge in [-0.1, -0.05) is 23.5 Å². The number of nitrogens with zero attached hydrogens (tertiary/aromatic N) is 2. The molecule has 0 radical (unpaired) electrons. The van der Waals surface area contributed by atoms with Gasteiger partial charge in [-0.25, -0.2) is 9.37 Å². The van der Waals surface area contributed by atoms with Gasteiger partial charge in [-0.05, 0) is 29.8 Å². The van der Waals surface area contributed by atoms with Crippen molar-refractivity contribution in [3.8, 4) is 0 Å². The van der Waals surface area contributed by atoms with Crippen molar-refractivity contribution >= 4 is 44.4 Å². The van der Waals surface area contributed by atoms with E-state index in [1.165, 1.54) is 42.5 Å². The van der Waals surface area contributed by atoms with E-state index in [0.717, 1.165) is 11.3 Å². The van der Waals surface area contributed by atoms with Crippen LogP contribution in [0.5, 0.6) is 0 Å². The normalized spacial score (nSPS) is 11.0. The van der Waals surface area contributed by atoms with Crippen LogP contribution in [0.15, 0.2) is 48.5 Å². The largest absolute Gasteiger partial charge is 0.298 e. The highest BCUT2D eigenvalue weighted by Crippen LogP contribution is 2.29. The van der Waals surface area contributed by atoms with Gasteiger partial charge in [0, 0.05) is 18.2 Å². The molecule has 0 unspecified atom stereocenters. The predicted octanol–water partition coefficient (Wildman–Crippen LogP) is 4.00. The summed E-state index contributed by atoms with van der Waals surface area (Å²) >= 11 is 1.14. The van der Waals surface area contributed by atoms with E-state index in [0.29, 0.717) is 20.9 Å². The molecule has 0 saturated carbocycles. The topological polar surface area (TPSA) is 85.1 Å². The fourth-order valence-electron chi connectivity index (χ4n) is 2.01. The van der Waals surface area contributed by atoms with Crippen molar-refractivity contribution in [2.24, 2.45) is 0 Å². The Hall–Kier alpha value is -3.13. The summed E-state index contributed by atoms with van der Waals surface area (Å²) in [5.74, 6) is -0.807. The van der Waals surface area contributed by atoms with Crippen LogP contribution in [0.1, 0.15) is 5.56 Å². The molecule has 6 nitrogen and oxygen atoms in total. The smallest absolute Gasteiger partial charge is 0.270 e. The van der Waals surface area contributed by atoms with E-state index in [9.17, 15) is 19.3 Å². The molecular weight excluding hydrogens is 333 g/mol. The monoisotopic (exact) mass is 343 g/mol. The quantitative estimate of drug-likeness (QED) is 0.441. The number of rotatable bonds is 4. The lowest BCUT2D eigenvalue weighted by Crippen LogP contribution is -2.07. The maximum atomic E-state index is 13.1. The number of fused-ring (bicyclic) bond motifs is 1. The third kappa shape index (κ3) is 3.61. The number of benzene rings is 2. The second-order valence-corrected chi connectivity index (χ2v) is 5.84. The van der Waals surface area contributed by atoms with Crippen molar-refractivity contribution in [3.63, 3.8) is 0 Å². The lowest BCUT2D eigenvalue weighted by molar-refractivity contribution is -0.384. The average Bonchev–Trinajstić information content (AvgIpc) is 2.94. The van der Waals surface area contributed by atoms with Gasteiger partial charge < -0.3 is 0 Å². The van der Waals surface area contributed by atoms with E-state index < -0.39 is 10.8 Å². The maximum Gasteiger partial charge on any atom is 0.270 e. The van der Waals surface area contributed by atoms with E-state index in [4.69, 9.17) is 0 Å². The van der Waals surface area contributed by atoms with Gasteiger partial charge in [0.15, 0.2) is 5.13 Å². The lowest BCUT2D eigenvalue weighted by Gasteiger charge is -1.96. The van der Waals surface area contributed by atoms with Gasteiger partial charge in [0.25, 0.3) is 5.69 Å². The number of amides is 1. The highest BCUT2D eigenvalue weighted by atomic mass is 32.1. The number of carbonyl (C=O) groups excluding carboxylic acids is 1. The molecule has 120 valence electrons. The van der Waals surface area contributed by atoms with Crippen LogP contribution in [-0.2, 0) is 4.79 Å². The zero-order chi connectivity index (χ0) is 17.1. The van der Waals surface area contributed by atoms with E-state index >= 15 is 0 Å². The molecule has 3 aromatic rings. The number of hydrogen-bond acceptors (Lipinski definition) is 5. The van der Waals surface area contributed by atoms with Crippen LogP contribution in [0.3, 0.4) is 0 Å². The molecule has 3 rings (SSSR count). The summed E-state index contributed by atoms with van der Waals surface area (Å²) in [4.78, 5) is 26.4. The molecule has 24 heavy (non-hydrogen) atoms. The number of non-ortho nitro benzene ring substituents is 1. The van der Waals surface area contributed by atoms with Crippen LogP contribution in [-0.4, -0.2) is 15.8 Å². The van der Waals surface area contributed by atoms with E-state index in [1.807, 2.05) is 0 Å². The minimum Gasteiger partial charge on any atom is -0.298 e. The summed E-state index contributed by atoms with van der Waals surface area (Å²) in [7, 11) is 0. The van der Waals surface area contributed by atoms with Crippen molar-refractivity contribution in [2.75, 3.05) is 5.32 Å². The summed E-state index contributed by atoms with van der Waals surface area (Å²) in [6, 6.07) is 10.1. The molecule has 0 aliphatic rings. The van der Waals surface area contributed by atoms with Crippen LogP contribution >= 0.6 is 11.3 Å². The van der Waals surface area contributed by atoms with Crippen LogP contribution < -0.4 is 5.32 Å². The first-order valence-corrected chi connectivity index (χ1v) is 7.62. The van der Waals surface area contributed by atoms with Gasteiger partial charge in [-0.3, -0.25) is 20.2 Å². The van der Waals surface area contributed by atoms with Crippen molar-refractivity contribution in [1.29, 1.82) is 0 Å². The number of aromatic nitrogens is 1. The minimum atomic E-state index is -0.487. The molecular formula is C16H10FN3O3S. The number of nitro groups is 1. The van der Waals surface area contributed by atoms with Gasteiger partial charge in [0.2, 0.25) is 5.91 Å². The summed E-state index contributed by atoms with van der Waals surface area (Å²) < 4.78 is 13.7. The van der Waals surface area contributed by atoms with Crippen molar-refractivity contribution in [2.45, 2.75) is 0 Å². The second kappa shape index (κ2) is 6.55. The number of halogens is 1. The molecule has 0 aliphatic carbocycles. The molecule has 1 heterocycles. The third-order valence-corrected chi connectivity index (χ3v) is 4.02. The standard InChI is InChI=1S/C16H10FN3O3S/c17-11-3-1-2-10(8-11)4-7-15(21)19-16-18-13-6-5-12(20(22)23)9-14(13)24-16/h1-9H,(H,18,19,21)/b7-4+.